The standard InChI is InChI=1S/C15H19N3O2/c1-11-5-6-12(8-16)7-13(11)9-17-10-18-14(19)20-15(2,3)4/h5-7,10H,9H2,1-4H3,(H,17,18,19). The second-order valence-corrected chi connectivity index (χ2v) is 5.37. The normalized spacial score (nSPS) is 11.2. The van der Waals surface area contributed by atoms with Crippen molar-refractivity contribution in [3.8, 4) is 6.07 Å². The van der Waals surface area contributed by atoms with Gasteiger partial charge in [-0.1, -0.05) is 6.07 Å². The molecule has 1 aromatic rings. The average Bonchev–Trinajstić information content (AvgIpc) is 2.34. The van der Waals surface area contributed by atoms with Crippen molar-refractivity contribution in [2.24, 2.45) is 4.99 Å². The van der Waals surface area contributed by atoms with Gasteiger partial charge in [0.15, 0.2) is 0 Å². The number of aryl methyl sites for hydroxylation is 1. The number of carbonyl (C=O) groups is 1. The maximum Gasteiger partial charge on any atom is 0.412 e. The predicted octanol–water partition coefficient (Wildman–Crippen LogP) is 2.92. The number of carbonyl (C=O) groups excluding carboxylic acids is 1. The zero-order valence-corrected chi connectivity index (χ0v) is 12.2. The van der Waals surface area contributed by atoms with Gasteiger partial charge in [-0.15, -0.1) is 0 Å². The van der Waals surface area contributed by atoms with E-state index in [-0.39, 0.29) is 0 Å². The number of rotatable bonds is 3. The second-order valence-electron chi connectivity index (χ2n) is 5.37. The number of hydrogen-bond acceptors (Lipinski definition) is 4. The first-order chi connectivity index (χ1) is 9.31. The van der Waals surface area contributed by atoms with Gasteiger partial charge in [0, 0.05) is 0 Å². The lowest BCUT2D eigenvalue weighted by Gasteiger charge is -2.18. The third-order valence-electron chi connectivity index (χ3n) is 2.41. The third kappa shape index (κ3) is 5.53. The van der Waals surface area contributed by atoms with Crippen molar-refractivity contribution in [3.63, 3.8) is 0 Å². The van der Waals surface area contributed by atoms with Crippen molar-refractivity contribution in [3.05, 3.63) is 34.9 Å². The number of ether oxygens (including phenoxy) is 1. The zero-order chi connectivity index (χ0) is 15.2. The molecule has 1 N–H and O–H groups in total. The number of nitriles is 1. The van der Waals surface area contributed by atoms with Crippen molar-refractivity contribution in [1.82, 2.24) is 5.32 Å². The molecule has 0 atom stereocenters. The molecule has 0 aliphatic rings. The van der Waals surface area contributed by atoms with E-state index < -0.39 is 11.7 Å². The van der Waals surface area contributed by atoms with Crippen molar-refractivity contribution in [1.29, 1.82) is 5.26 Å². The molecule has 0 aromatic heterocycles. The van der Waals surface area contributed by atoms with Crippen molar-refractivity contribution in [2.75, 3.05) is 0 Å². The minimum absolute atomic E-state index is 0.400. The van der Waals surface area contributed by atoms with Crippen LogP contribution in [0.2, 0.25) is 0 Å². The summed E-state index contributed by atoms with van der Waals surface area (Å²) in [6.07, 6.45) is 0.774. The SMILES string of the molecule is Cc1ccc(C#N)cc1CN=CNC(=O)OC(C)(C)C. The van der Waals surface area contributed by atoms with E-state index in [0.29, 0.717) is 12.1 Å². The van der Waals surface area contributed by atoms with Gasteiger partial charge in [0.2, 0.25) is 0 Å². The highest BCUT2D eigenvalue weighted by molar-refractivity contribution is 5.82. The minimum atomic E-state index is -0.538. The van der Waals surface area contributed by atoms with E-state index in [1.165, 1.54) is 6.34 Å². The van der Waals surface area contributed by atoms with Crippen molar-refractivity contribution in [2.45, 2.75) is 39.8 Å². The fourth-order valence-corrected chi connectivity index (χ4v) is 1.46. The lowest BCUT2D eigenvalue weighted by Crippen LogP contribution is -2.31. The van der Waals surface area contributed by atoms with Gasteiger partial charge in [0.1, 0.15) is 5.60 Å². The molecule has 0 fully saturated rings. The average molecular weight is 273 g/mol. The van der Waals surface area contributed by atoms with E-state index in [9.17, 15) is 4.79 Å². The molecule has 0 spiro atoms. The van der Waals surface area contributed by atoms with Crippen LogP contribution in [-0.4, -0.2) is 18.0 Å². The van der Waals surface area contributed by atoms with Crippen LogP contribution in [0.5, 0.6) is 0 Å². The Morgan fingerprint density at radius 3 is 2.80 bits per heavy atom. The summed E-state index contributed by atoms with van der Waals surface area (Å²) in [6.45, 7) is 7.73. The molecular formula is C15H19N3O2. The van der Waals surface area contributed by atoms with Crippen LogP contribution in [-0.2, 0) is 11.3 Å². The van der Waals surface area contributed by atoms with Crippen LogP contribution in [0.3, 0.4) is 0 Å². The Bertz CT molecular complexity index is 551. The zero-order valence-electron chi connectivity index (χ0n) is 12.2. The van der Waals surface area contributed by atoms with Gasteiger partial charge in [-0.2, -0.15) is 5.26 Å². The fraction of sp³-hybridized carbons (Fsp3) is 0.400. The topological polar surface area (TPSA) is 74.5 Å². The number of nitrogens with zero attached hydrogens (tertiary/aromatic N) is 2. The highest BCUT2D eigenvalue weighted by Crippen LogP contribution is 2.11. The van der Waals surface area contributed by atoms with E-state index in [1.807, 2.05) is 13.0 Å². The molecule has 0 heterocycles. The lowest BCUT2D eigenvalue weighted by atomic mass is 10.1. The third-order valence-corrected chi connectivity index (χ3v) is 2.41. The Balaban J connectivity index is 2.54. The number of nitrogens with one attached hydrogen (secondary N) is 1. The van der Waals surface area contributed by atoms with Crippen LogP contribution in [0, 0.1) is 18.3 Å². The quantitative estimate of drug-likeness (QED) is 0.679. The Kier molecular flexibility index (Phi) is 5.27. The highest BCUT2D eigenvalue weighted by atomic mass is 16.6. The Labute approximate surface area is 119 Å². The molecule has 5 heteroatoms. The number of alkyl carbamates (subject to hydrolysis) is 1. The first-order valence-electron chi connectivity index (χ1n) is 6.29. The second kappa shape index (κ2) is 6.71. The largest absolute Gasteiger partial charge is 0.444 e. The molecule has 1 aromatic carbocycles. The molecule has 106 valence electrons. The smallest absolute Gasteiger partial charge is 0.412 e. The molecule has 0 aliphatic heterocycles. The summed E-state index contributed by atoms with van der Waals surface area (Å²) in [4.78, 5) is 15.5. The van der Waals surface area contributed by atoms with E-state index in [0.717, 1.165) is 11.1 Å². The van der Waals surface area contributed by atoms with Gasteiger partial charge in [0.25, 0.3) is 0 Å². The summed E-state index contributed by atoms with van der Waals surface area (Å²) < 4.78 is 5.07. The van der Waals surface area contributed by atoms with E-state index in [1.54, 1.807) is 32.9 Å². The van der Waals surface area contributed by atoms with E-state index in [2.05, 4.69) is 16.4 Å². The van der Waals surface area contributed by atoms with Crippen LogP contribution in [0.15, 0.2) is 23.2 Å². The molecule has 0 unspecified atom stereocenters. The number of hydrogen-bond donors (Lipinski definition) is 1. The molecule has 20 heavy (non-hydrogen) atoms. The molecule has 0 saturated carbocycles. The highest BCUT2D eigenvalue weighted by Gasteiger charge is 2.14. The predicted molar refractivity (Wildman–Crippen MR) is 77.5 cm³/mol. The van der Waals surface area contributed by atoms with Gasteiger partial charge in [-0.3, -0.25) is 10.3 Å². The summed E-state index contributed by atoms with van der Waals surface area (Å²) in [5.41, 5.74) is 2.07. The summed E-state index contributed by atoms with van der Waals surface area (Å²) >= 11 is 0. The Morgan fingerprint density at radius 1 is 1.50 bits per heavy atom. The number of benzene rings is 1. The van der Waals surface area contributed by atoms with Crippen molar-refractivity contribution < 1.29 is 9.53 Å². The maximum atomic E-state index is 11.4. The van der Waals surface area contributed by atoms with Crippen LogP contribution >= 0.6 is 0 Å². The van der Waals surface area contributed by atoms with E-state index in [4.69, 9.17) is 10.00 Å². The number of aliphatic imine (C=N–C) groups is 1. The van der Waals surface area contributed by atoms with Crippen LogP contribution in [0.1, 0.15) is 37.5 Å². The maximum absolute atomic E-state index is 11.4. The number of amides is 1. The van der Waals surface area contributed by atoms with Gasteiger partial charge in [0.05, 0.1) is 24.5 Å². The first kappa shape index (κ1) is 15.7. The van der Waals surface area contributed by atoms with Gasteiger partial charge in [-0.25, -0.2) is 4.79 Å². The van der Waals surface area contributed by atoms with Crippen LogP contribution in [0.4, 0.5) is 4.79 Å². The Morgan fingerprint density at radius 2 is 2.20 bits per heavy atom. The molecule has 0 radical (unpaired) electrons. The molecule has 1 amide bonds. The molecule has 0 saturated heterocycles. The lowest BCUT2D eigenvalue weighted by molar-refractivity contribution is 0.0565. The van der Waals surface area contributed by atoms with Crippen molar-refractivity contribution >= 4 is 12.4 Å². The summed E-state index contributed by atoms with van der Waals surface area (Å²) in [5, 5.41) is 11.3. The summed E-state index contributed by atoms with van der Waals surface area (Å²) in [5.74, 6) is 0. The van der Waals surface area contributed by atoms with Gasteiger partial charge < -0.3 is 4.74 Å². The van der Waals surface area contributed by atoms with Gasteiger partial charge >= 0.3 is 6.09 Å². The molecular weight excluding hydrogens is 254 g/mol. The Hall–Kier alpha value is -2.35. The van der Waals surface area contributed by atoms with Gasteiger partial charge in [-0.05, 0) is 51.0 Å². The van der Waals surface area contributed by atoms with Crippen LogP contribution < -0.4 is 5.32 Å². The first-order valence-corrected chi connectivity index (χ1v) is 6.29. The summed E-state index contributed by atoms with van der Waals surface area (Å²) in [6, 6.07) is 7.52. The van der Waals surface area contributed by atoms with E-state index >= 15 is 0 Å². The molecule has 5 nitrogen and oxygen atoms in total. The monoisotopic (exact) mass is 273 g/mol. The summed E-state index contributed by atoms with van der Waals surface area (Å²) in [7, 11) is 0. The molecule has 0 aliphatic carbocycles. The fourth-order valence-electron chi connectivity index (χ4n) is 1.46. The molecule has 0 bridgehead atoms. The molecule has 1 rings (SSSR count). The minimum Gasteiger partial charge on any atom is -0.444 e. The van der Waals surface area contributed by atoms with Crippen LogP contribution in [0.25, 0.3) is 0 Å².